The van der Waals surface area contributed by atoms with Gasteiger partial charge in [0.15, 0.2) is 0 Å². The minimum atomic E-state index is -0.0938. The predicted molar refractivity (Wildman–Crippen MR) is 80.4 cm³/mol. The summed E-state index contributed by atoms with van der Waals surface area (Å²) >= 11 is 6.09. The monoisotopic (exact) mass is 293 g/mol. The van der Waals surface area contributed by atoms with E-state index in [-0.39, 0.29) is 5.41 Å². The van der Waals surface area contributed by atoms with Gasteiger partial charge in [0.2, 0.25) is 5.28 Å². The first kappa shape index (κ1) is 14.9. The Morgan fingerprint density at radius 2 is 2.00 bits per heavy atom. The highest BCUT2D eigenvalue weighted by molar-refractivity contribution is 6.28. The fourth-order valence-electron chi connectivity index (χ4n) is 2.00. The van der Waals surface area contributed by atoms with Gasteiger partial charge in [-0.3, -0.25) is 4.57 Å². The molecule has 0 spiro atoms. The van der Waals surface area contributed by atoms with E-state index in [4.69, 9.17) is 16.3 Å². The lowest BCUT2D eigenvalue weighted by molar-refractivity contribution is 0.292. The molecule has 2 aromatic rings. The molecule has 0 unspecified atom stereocenters. The standard InChI is InChI=1S/C15H20ClN3O/c1-11-6-5-7-12(10-11)20-9-8-19-13(15(2,3)4)17-18-14(19)16/h5-7,10H,8-9H2,1-4H3. The number of hydrogen-bond acceptors (Lipinski definition) is 3. The summed E-state index contributed by atoms with van der Waals surface area (Å²) in [6.07, 6.45) is 0. The van der Waals surface area contributed by atoms with Gasteiger partial charge in [-0.1, -0.05) is 32.9 Å². The number of hydrogen-bond donors (Lipinski definition) is 0. The fraction of sp³-hybridized carbons (Fsp3) is 0.467. The van der Waals surface area contributed by atoms with Crippen LogP contribution in [0.1, 0.15) is 32.2 Å². The maximum Gasteiger partial charge on any atom is 0.225 e. The van der Waals surface area contributed by atoms with Crippen LogP contribution in [0.5, 0.6) is 5.75 Å². The van der Waals surface area contributed by atoms with Gasteiger partial charge in [0.05, 0.1) is 6.54 Å². The average molecular weight is 294 g/mol. The van der Waals surface area contributed by atoms with Gasteiger partial charge in [-0.2, -0.15) is 0 Å². The van der Waals surface area contributed by atoms with Gasteiger partial charge in [-0.05, 0) is 36.2 Å². The number of benzene rings is 1. The molecule has 1 aromatic carbocycles. The average Bonchev–Trinajstić information content (AvgIpc) is 2.71. The third-order valence-electron chi connectivity index (χ3n) is 2.95. The van der Waals surface area contributed by atoms with Gasteiger partial charge in [-0.25, -0.2) is 0 Å². The first-order valence-corrected chi connectivity index (χ1v) is 7.04. The number of halogens is 1. The van der Waals surface area contributed by atoms with Gasteiger partial charge < -0.3 is 4.74 Å². The third kappa shape index (κ3) is 3.51. The summed E-state index contributed by atoms with van der Waals surface area (Å²) in [5.41, 5.74) is 1.09. The molecule has 20 heavy (non-hydrogen) atoms. The molecule has 0 N–H and O–H groups in total. The molecule has 0 aliphatic rings. The molecule has 1 aromatic heterocycles. The molecule has 108 valence electrons. The SMILES string of the molecule is Cc1cccc(OCCn2c(Cl)nnc2C(C)(C)C)c1. The lowest BCUT2D eigenvalue weighted by Gasteiger charge is -2.19. The van der Waals surface area contributed by atoms with Gasteiger partial charge in [0.1, 0.15) is 18.2 Å². The Labute approximate surface area is 124 Å². The predicted octanol–water partition coefficient (Wildman–Crippen LogP) is 3.62. The Kier molecular flexibility index (Phi) is 4.33. The topological polar surface area (TPSA) is 39.9 Å². The molecule has 0 aliphatic heterocycles. The van der Waals surface area contributed by atoms with E-state index in [2.05, 4.69) is 31.0 Å². The van der Waals surface area contributed by atoms with E-state index in [0.717, 1.165) is 11.6 Å². The van der Waals surface area contributed by atoms with Gasteiger partial charge >= 0.3 is 0 Å². The van der Waals surface area contributed by atoms with Gasteiger partial charge in [0, 0.05) is 5.41 Å². The highest BCUT2D eigenvalue weighted by Gasteiger charge is 2.23. The molecular formula is C15H20ClN3O. The molecule has 2 rings (SSSR count). The number of aryl methyl sites for hydroxylation is 1. The number of nitrogens with zero attached hydrogens (tertiary/aromatic N) is 3. The summed E-state index contributed by atoms with van der Waals surface area (Å²) in [4.78, 5) is 0. The van der Waals surface area contributed by atoms with Crippen LogP contribution >= 0.6 is 11.6 Å². The van der Waals surface area contributed by atoms with Crippen molar-refractivity contribution in [1.82, 2.24) is 14.8 Å². The molecule has 0 saturated carbocycles. The summed E-state index contributed by atoms with van der Waals surface area (Å²) in [5.74, 6) is 1.74. The highest BCUT2D eigenvalue weighted by atomic mass is 35.5. The van der Waals surface area contributed by atoms with E-state index in [0.29, 0.717) is 18.4 Å². The first-order chi connectivity index (χ1) is 9.38. The molecule has 0 radical (unpaired) electrons. The summed E-state index contributed by atoms with van der Waals surface area (Å²) in [7, 11) is 0. The second-order valence-electron chi connectivity index (χ2n) is 5.86. The second kappa shape index (κ2) is 5.83. The number of ether oxygens (including phenoxy) is 1. The molecular weight excluding hydrogens is 274 g/mol. The van der Waals surface area contributed by atoms with Crippen LogP contribution in [0, 0.1) is 6.92 Å². The smallest absolute Gasteiger partial charge is 0.225 e. The van der Waals surface area contributed by atoms with Crippen LogP contribution in [0.2, 0.25) is 5.28 Å². The summed E-state index contributed by atoms with van der Waals surface area (Å²) in [6.45, 7) is 9.47. The van der Waals surface area contributed by atoms with Crippen LogP contribution in [-0.4, -0.2) is 21.4 Å². The van der Waals surface area contributed by atoms with Gasteiger partial charge in [-0.15, -0.1) is 10.2 Å². The van der Waals surface area contributed by atoms with Crippen molar-refractivity contribution in [2.24, 2.45) is 0 Å². The molecule has 5 heteroatoms. The van der Waals surface area contributed by atoms with Crippen LogP contribution in [0.3, 0.4) is 0 Å². The molecule has 0 bridgehead atoms. The molecule has 0 aliphatic carbocycles. The van der Waals surface area contributed by atoms with Crippen molar-refractivity contribution in [1.29, 1.82) is 0 Å². The van der Waals surface area contributed by atoms with Crippen molar-refractivity contribution in [2.45, 2.75) is 39.7 Å². The van der Waals surface area contributed by atoms with Crippen molar-refractivity contribution in [3.63, 3.8) is 0 Å². The van der Waals surface area contributed by atoms with E-state index in [1.807, 2.05) is 35.8 Å². The zero-order valence-corrected chi connectivity index (χ0v) is 13.1. The molecule has 1 heterocycles. The van der Waals surface area contributed by atoms with Crippen molar-refractivity contribution in [3.8, 4) is 5.75 Å². The van der Waals surface area contributed by atoms with E-state index in [9.17, 15) is 0 Å². The zero-order chi connectivity index (χ0) is 14.8. The van der Waals surface area contributed by atoms with Crippen LogP contribution in [0.25, 0.3) is 0 Å². The largest absolute Gasteiger partial charge is 0.492 e. The van der Waals surface area contributed by atoms with Crippen LogP contribution in [0.15, 0.2) is 24.3 Å². The molecule has 4 nitrogen and oxygen atoms in total. The van der Waals surface area contributed by atoms with E-state index in [1.54, 1.807) is 0 Å². The minimum absolute atomic E-state index is 0.0938. The van der Waals surface area contributed by atoms with Crippen LogP contribution < -0.4 is 4.74 Å². The van der Waals surface area contributed by atoms with Crippen molar-refractivity contribution in [3.05, 3.63) is 40.9 Å². The lowest BCUT2D eigenvalue weighted by atomic mass is 9.96. The molecule has 0 atom stereocenters. The summed E-state index contributed by atoms with van der Waals surface area (Å²) in [5, 5.41) is 8.50. The maximum atomic E-state index is 6.09. The number of aromatic nitrogens is 3. The fourth-order valence-corrected chi connectivity index (χ4v) is 2.20. The Balaban J connectivity index is 2.03. The second-order valence-corrected chi connectivity index (χ2v) is 6.20. The first-order valence-electron chi connectivity index (χ1n) is 6.66. The minimum Gasteiger partial charge on any atom is -0.492 e. The Morgan fingerprint density at radius 1 is 1.25 bits per heavy atom. The van der Waals surface area contributed by atoms with E-state index >= 15 is 0 Å². The molecule has 0 amide bonds. The van der Waals surface area contributed by atoms with E-state index < -0.39 is 0 Å². The van der Waals surface area contributed by atoms with Crippen molar-refractivity contribution >= 4 is 11.6 Å². The zero-order valence-electron chi connectivity index (χ0n) is 12.4. The highest BCUT2D eigenvalue weighted by Crippen LogP contribution is 2.22. The summed E-state index contributed by atoms with van der Waals surface area (Å²) < 4.78 is 7.65. The molecule has 0 saturated heterocycles. The quantitative estimate of drug-likeness (QED) is 0.864. The molecule has 0 fully saturated rings. The van der Waals surface area contributed by atoms with Crippen molar-refractivity contribution < 1.29 is 4.74 Å². The van der Waals surface area contributed by atoms with Crippen LogP contribution in [0.4, 0.5) is 0 Å². The third-order valence-corrected chi connectivity index (χ3v) is 3.23. The normalized spacial score (nSPS) is 11.7. The Morgan fingerprint density at radius 3 is 2.65 bits per heavy atom. The maximum absolute atomic E-state index is 6.09. The Hall–Kier alpha value is -1.55. The van der Waals surface area contributed by atoms with Crippen molar-refractivity contribution in [2.75, 3.05) is 6.61 Å². The Bertz CT molecular complexity index is 587. The summed E-state index contributed by atoms with van der Waals surface area (Å²) in [6, 6.07) is 7.99. The van der Waals surface area contributed by atoms with E-state index in [1.165, 1.54) is 5.56 Å². The number of rotatable bonds is 4. The van der Waals surface area contributed by atoms with Crippen LogP contribution in [-0.2, 0) is 12.0 Å². The lowest BCUT2D eigenvalue weighted by Crippen LogP contribution is -2.21. The van der Waals surface area contributed by atoms with Gasteiger partial charge in [0.25, 0.3) is 0 Å².